The first-order valence-electron chi connectivity index (χ1n) is 10.3. The molecule has 0 spiro atoms. The number of aryl methyl sites for hydroxylation is 1. The van der Waals surface area contributed by atoms with Crippen LogP contribution in [0, 0.1) is 0 Å². The number of hydrogen-bond acceptors (Lipinski definition) is 4. The van der Waals surface area contributed by atoms with Crippen molar-refractivity contribution < 1.29 is 9.53 Å². The molecule has 2 heterocycles. The first-order valence-corrected chi connectivity index (χ1v) is 10.3. The van der Waals surface area contributed by atoms with E-state index in [1.54, 1.807) is 13.1 Å². The van der Waals surface area contributed by atoms with Gasteiger partial charge in [0, 0.05) is 36.4 Å². The van der Waals surface area contributed by atoms with Crippen LogP contribution in [0.25, 0.3) is 10.9 Å². The maximum atomic E-state index is 13.1. The summed E-state index contributed by atoms with van der Waals surface area (Å²) in [6, 6.07) is 4.39. The molecular formula is C22H28N2O3. The van der Waals surface area contributed by atoms with Crippen molar-refractivity contribution in [3.05, 3.63) is 39.7 Å². The highest BCUT2D eigenvalue weighted by atomic mass is 16.5. The van der Waals surface area contributed by atoms with E-state index in [0.717, 1.165) is 44.3 Å². The average molecular weight is 368 g/mol. The van der Waals surface area contributed by atoms with Gasteiger partial charge in [-0.05, 0) is 56.7 Å². The van der Waals surface area contributed by atoms with E-state index < -0.39 is 5.97 Å². The Kier molecular flexibility index (Phi) is 4.94. The lowest BCUT2D eigenvalue weighted by atomic mass is 10.00. The first-order chi connectivity index (χ1) is 13.2. The summed E-state index contributed by atoms with van der Waals surface area (Å²) < 4.78 is 7.32. The summed E-state index contributed by atoms with van der Waals surface area (Å²) in [4.78, 5) is 27.9. The number of carbonyl (C=O) groups excluding carboxylic acids is 1. The average Bonchev–Trinajstić information content (AvgIpc) is 3.36. The van der Waals surface area contributed by atoms with Crippen LogP contribution in [0.5, 0.6) is 0 Å². The van der Waals surface area contributed by atoms with Crippen molar-refractivity contribution in [2.45, 2.75) is 58.4 Å². The molecule has 0 bridgehead atoms. The van der Waals surface area contributed by atoms with E-state index in [0.29, 0.717) is 11.4 Å². The van der Waals surface area contributed by atoms with Gasteiger partial charge in [0.05, 0.1) is 12.1 Å². The van der Waals surface area contributed by atoms with Crippen LogP contribution in [0.2, 0.25) is 0 Å². The summed E-state index contributed by atoms with van der Waals surface area (Å²) in [7, 11) is 0. The second-order valence-electron chi connectivity index (χ2n) is 7.63. The smallest absolute Gasteiger partial charge is 0.343 e. The van der Waals surface area contributed by atoms with Crippen LogP contribution in [0.3, 0.4) is 0 Å². The molecule has 2 fully saturated rings. The number of rotatable bonds is 6. The van der Waals surface area contributed by atoms with Crippen molar-refractivity contribution in [2.75, 3.05) is 24.6 Å². The molecular weight excluding hydrogens is 340 g/mol. The predicted octanol–water partition coefficient (Wildman–Crippen LogP) is 4.07. The van der Waals surface area contributed by atoms with E-state index >= 15 is 0 Å². The van der Waals surface area contributed by atoms with Gasteiger partial charge in [-0.25, -0.2) is 4.79 Å². The summed E-state index contributed by atoms with van der Waals surface area (Å²) >= 11 is 0. The minimum absolute atomic E-state index is 0.160. The lowest BCUT2D eigenvalue weighted by Gasteiger charge is -2.24. The molecule has 0 unspecified atom stereocenters. The van der Waals surface area contributed by atoms with Gasteiger partial charge in [0.2, 0.25) is 5.43 Å². The number of ether oxygens (including phenoxy) is 1. The number of carbonyl (C=O) groups is 1. The molecule has 27 heavy (non-hydrogen) atoms. The molecule has 1 saturated heterocycles. The Morgan fingerprint density at radius 2 is 1.93 bits per heavy atom. The molecule has 0 radical (unpaired) electrons. The molecule has 1 aliphatic carbocycles. The van der Waals surface area contributed by atoms with Gasteiger partial charge < -0.3 is 14.2 Å². The van der Waals surface area contributed by atoms with Gasteiger partial charge in [0.25, 0.3) is 0 Å². The number of esters is 1. The van der Waals surface area contributed by atoms with E-state index in [2.05, 4.69) is 22.5 Å². The van der Waals surface area contributed by atoms with Gasteiger partial charge in [0.1, 0.15) is 5.56 Å². The summed E-state index contributed by atoms with van der Waals surface area (Å²) in [5.74, 6) is -0.514. The van der Waals surface area contributed by atoms with E-state index in [1.165, 1.54) is 24.1 Å². The second kappa shape index (κ2) is 7.37. The van der Waals surface area contributed by atoms with Crippen molar-refractivity contribution in [2.24, 2.45) is 0 Å². The number of fused-ring (bicyclic) bond motifs is 1. The van der Waals surface area contributed by atoms with Gasteiger partial charge in [-0.3, -0.25) is 4.79 Å². The molecule has 2 aliphatic rings. The van der Waals surface area contributed by atoms with Crippen molar-refractivity contribution in [1.29, 1.82) is 0 Å². The van der Waals surface area contributed by atoms with E-state index in [1.807, 2.05) is 6.07 Å². The molecule has 0 N–H and O–H groups in total. The first kappa shape index (κ1) is 18.1. The van der Waals surface area contributed by atoms with E-state index in [-0.39, 0.29) is 17.6 Å². The fraction of sp³-hybridized carbons (Fsp3) is 0.545. The van der Waals surface area contributed by atoms with Gasteiger partial charge in [-0.2, -0.15) is 0 Å². The monoisotopic (exact) mass is 368 g/mol. The number of aromatic nitrogens is 1. The second-order valence-corrected chi connectivity index (χ2v) is 7.63. The Morgan fingerprint density at radius 1 is 1.19 bits per heavy atom. The fourth-order valence-electron chi connectivity index (χ4n) is 4.26. The van der Waals surface area contributed by atoms with Crippen LogP contribution in [0.15, 0.2) is 23.1 Å². The maximum absolute atomic E-state index is 13.1. The van der Waals surface area contributed by atoms with Crippen LogP contribution in [0.1, 0.15) is 67.9 Å². The number of nitrogens with zero attached hydrogens (tertiary/aromatic N) is 2. The molecule has 0 amide bonds. The quantitative estimate of drug-likeness (QED) is 0.722. The maximum Gasteiger partial charge on any atom is 0.343 e. The molecule has 1 aromatic heterocycles. The third-order valence-electron chi connectivity index (χ3n) is 5.66. The summed E-state index contributed by atoms with van der Waals surface area (Å²) in [5, 5.41) is 0.652. The Hall–Kier alpha value is -2.30. The molecule has 5 nitrogen and oxygen atoms in total. The molecule has 0 atom stereocenters. The SMILES string of the molecule is CCCc1c(N2CCCC2)ccc2c(=O)c(C(=O)OCC)cn(C3CC3)c12. The molecule has 2 aromatic rings. The van der Waals surface area contributed by atoms with Crippen molar-refractivity contribution in [1.82, 2.24) is 4.57 Å². The van der Waals surface area contributed by atoms with Crippen LogP contribution < -0.4 is 10.3 Å². The third kappa shape index (κ3) is 3.24. The Balaban J connectivity index is 1.97. The third-order valence-corrected chi connectivity index (χ3v) is 5.66. The molecule has 1 aliphatic heterocycles. The number of anilines is 1. The van der Waals surface area contributed by atoms with Crippen molar-refractivity contribution in [3.63, 3.8) is 0 Å². The lowest BCUT2D eigenvalue weighted by molar-refractivity contribution is 0.0524. The Bertz CT molecular complexity index is 921. The zero-order valence-corrected chi connectivity index (χ0v) is 16.3. The van der Waals surface area contributed by atoms with E-state index in [9.17, 15) is 9.59 Å². The molecule has 5 heteroatoms. The highest BCUT2D eigenvalue weighted by Gasteiger charge is 2.29. The number of hydrogen-bond donors (Lipinski definition) is 0. The molecule has 1 saturated carbocycles. The van der Waals surface area contributed by atoms with Crippen LogP contribution in [0.4, 0.5) is 5.69 Å². The van der Waals surface area contributed by atoms with Crippen LogP contribution in [-0.4, -0.2) is 30.2 Å². The number of pyridine rings is 1. The topological polar surface area (TPSA) is 51.5 Å². The summed E-state index contributed by atoms with van der Waals surface area (Å²) in [5.41, 5.74) is 3.51. The molecule has 1 aromatic carbocycles. The van der Waals surface area contributed by atoms with Crippen molar-refractivity contribution >= 4 is 22.6 Å². The van der Waals surface area contributed by atoms with Gasteiger partial charge in [0.15, 0.2) is 0 Å². The zero-order chi connectivity index (χ0) is 19.0. The fourth-order valence-corrected chi connectivity index (χ4v) is 4.26. The number of benzene rings is 1. The zero-order valence-electron chi connectivity index (χ0n) is 16.3. The van der Waals surface area contributed by atoms with Gasteiger partial charge >= 0.3 is 5.97 Å². The highest BCUT2D eigenvalue weighted by Crippen LogP contribution is 2.40. The van der Waals surface area contributed by atoms with Gasteiger partial charge in [-0.1, -0.05) is 13.3 Å². The molecule has 4 rings (SSSR count). The van der Waals surface area contributed by atoms with E-state index in [4.69, 9.17) is 4.74 Å². The minimum atomic E-state index is -0.514. The Labute approximate surface area is 159 Å². The summed E-state index contributed by atoms with van der Waals surface area (Å²) in [6.45, 7) is 6.38. The highest BCUT2D eigenvalue weighted by molar-refractivity contribution is 5.96. The lowest BCUT2D eigenvalue weighted by Crippen LogP contribution is -2.24. The molecule has 144 valence electrons. The normalized spacial score (nSPS) is 16.9. The van der Waals surface area contributed by atoms with Crippen LogP contribution in [-0.2, 0) is 11.2 Å². The minimum Gasteiger partial charge on any atom is -0.462 e. The largest absolute Gasteiger partial charge is 0.462 e. The standard InChI is InChI=1S/C22H28N2O3/c1-3-7-16-19(23-12-5-6-13-23)11-10-17-20(16)24(15-8-9-15)14-18(21(17)25)22(26)27-4-2/h10-11,14-15H,3-9,12-13H2,1-2H3. The predicted molar refractivity (Wildman–Crippen MR) is 108 cm³/mol. The summed E-state index contributed by atoms with van der Waals surface area (Å²) in [6.07, 6.45) is 8.36. The van der Waals surface area contributed by atoms with Crippen molar-refractivity contribution in [3.8, 4) is 0 Å². The Morgan fingerprint density at radius 3 is 2.56 bits per heavy atom. The van der Waals surface area contributed by atoms with Gasteiger partial charge in [-0.15, -0.1) is 0 Å². The van der Waals surface area contributed by atoms with Crippen LogP contribution >= 0.6 is 0 Å².